The highest BCUT2D eigenvalue weighted by Gasteiger charge is 2.30. The molecule has 0 atom stereocenters. The van der Waals surface area contributed by atoms with Crippen molar-refractivity contribution in [1.82, 2.24) is 14.5 Å². The van der Waals surface area contributed by atoms with Crippen LogP contribution in [0.15, 0.2) is 67.1 Å². The number of halogens is 3. The highest BCUT2D eigenvalue weighted by atomic mass is 19.4. The lowest BCUT2D eigenvalue weighted by Crippen LogP contribution is -2.20. The zero-order valence-electron chi connectivity index (χ0n) is 15.3. The van der Waals surface area contributed by atoms with Crippen LogP contribution in [0.5, 0.6) is 0 Å². The number of nitrogens with one attached hydrogen (secondary N) is 2. The summed E-state index contributed by atoms with van der Waals surface area (Å²) in [6.45, 7) is 0. The van der Waals surface area contributed by atoms with Gasteiger partial charge in [0.05, 0.1) is 10.9 Å². The van der Waals surface area contributed by atoms with Gasteiger partial charge in [-0.2, -0.15) is 13.2 Å². The Hall–Kier alpha value is -4.08. The number of rotatable bonds is 3. The van der Waals surface area contributed by atoms with Crippen LogP contribution in [0.1, 0.15) is 5.56 Å². The van der Waals surface area contributed by atoms with E-state index >= 15 is 0 Å². The standard InChI is InChI=1S/C20H15F3N6O/c21-20(22,23)12-3-1-4-13(9-12)27-19(30)28-14-5-2-6-15(10-14)29-8-7-16-17(24)25-11-26-18(16)29/h1-11H,(H2,24,25,26)(H2,27,28,30). The van der Waals surface area contributed by atoms with Gasteiger partial charge >= 0.3 is 12.2 Å². The molecule has 0 aliphatic rings. The molecule has 4 rings (SSSR count). The number of anilines is 3. The van der Waals surface area contributed by atoms with Gasteiger partial charge in [0, 0.05) is 23.3 Å². The molecule has 0 aliphatic heterocycles. The lowest BCUT2D eigenvalue weighted by Gasteiger charge is -2.12. The molecule has 0 saturated carbocycles. The van der Waals surface area contributed by atoms with Crippen molar-refractivity contribution >= 4 is 34.3 Å². The number of nitrogen functional groups attached to an aromatic ring is 1. The molecular formula is C20H15F3N6O. The molecule has 0 radical (unpaired) electrons. The van der Waals surface area contributed by atoms with E-state index in [-0.39, 0.29) is 5.69 Å². The lowest BCUT2D eigenvalue weighted by atomic mass is 10.2. The molecule has 152 valence electrons. The second-order valence-electron chi connectivity index (χ2n) is 6.39. The molecule has 0 saturated heterocycles. The second-order valence-corrected chi connectivity index (χ2v) is 6.39. The number of fused-ring (bicyclic) bond motifs is 1. The summed E-state index contributed by atoms with van der Waals surface area (Å²) in [5.41, 5.74) is 6.80. The van der Waals surface area contributed by atoms with Gasteiger partial charge in [-0.3, -0.25) is 0 Å². The minimum atomic E-state index is -4.49. The van der Waals surface area contributed by atoms with Crippen LogP contribution in [-0.2, 0) is 6.18 Å². The van der Waals surface area contributed by atoms with E-state index in [1.165, 1.54) is 18.5 Å². The summed E-state index contributed by atoms with van der Waals surface area (Å²) in [6.07, 6.45) is -1.36. The molecule has 2 aromatic carbocycles. The molecule has 2 aromatic heterocycles. The lowest BCUT2D eigenvalue weighted by molar-refractivity contribution is -0.137. The maximum absolute atomic E-state index is 12.8. The molecule has 0 spiro atoms. The molecule has 2 amide bonds. The topological polar surface area (TPSA) is 97.9 Å². The molecule has 30 heavy (non-hydrogen) atoms. The second kappa shape index (κ2) is 7.39. The molecule has 4 aromatic rings. The van der Waals surface area contributed by atoms with E-state index < -0.39 is 17.8 Å². The summed E-state index contributed by atoms with van der Waals surface area (Å²) < 4.78 is 40.2. The largest absolute Gasteiger partial charge is 0.416 e. The number of amides is 2. The highest BCUT2D eigenvalue weighted by Crippen LogP contribution is 2.30. The number of alkyl halides is 3. The molecule has 0 aliphatic carbocycles. The maximum Gasteiger partial charge on any atom is 0.416 e. The Morgan fingerprint density at radius 1 is 0.967 bits per heavy atom. The van der Waals surface area contributed by atoms with Crippen LogP contribution in [0.4, 0.5) is 35.2 Å². The predicted octanol–water partition coefficient (Wildman–Crippen LogP) is 4.67. The fourth-order valence-electron chi connectivity index (χ4n) is 2.98. The summed E-state index contributed by atoms with van der Waals surface area (Å²) >= 11 is 0. The van der Waals surface area contributed by atoms with Crippen molar-refractivity contribution in [2.75, 3.05) is 16.4 Å². The van der Waals surface area contributed by atoms with Gasteiger partial charge in [0.15, 0.2) is 0 Å². The van der Waals surface area contributed by atoms with Crippen LogP contribution < -0.4 is 16.4 Å². The molecule has 0 fully saturated rings. The Bertz CT molecular complexity index is 1230. The fraction of sp³-hybridized carbons (Fsp3) is 0.0500. The number of nitrogens with two attached hydrogens (primary N) is 1. The van der Waals surface area contributed by atoms with E-state index in [2.05, 4.69) is 20.6 Å². The number of aromatic nitrogens is 3. The van der Waals surface area contributed by atoms with Crippen LogP contribution in [-0.4, -0.2) is 20.6 Å². The van der Waals surface area contributed by atoms with Crippen molar-refractivity contribution in [3.8, 4) is 5.69 Å². The molecule has 7 nitrogen and oxygen atoms in total. The third-order valence-corrected chi connectivity index (χ3v) is 4.34. The van der Waals surface area contributed by atoms with E-state index in [4.69, 9.17) is 5.73 Å². The summed E-state index contributed by atoms with van der Waals surface area (Å²) in [7, 11) is 0. The van der Waals surface area contributed by atoms with Crippen LogP contribution in [0.3, 0.4) is 0 Å². The Kier molecular flexibility index (Phi) is 4.74. The van der Waals surface area contributed by atoms with Gasteiger partial charge in [-0.25, -0.2) is 14.8 Å². The first-order valence-corrected chi connectivity index (χ1v) is 8.74. The minimum absolute atomic E-state index is 0.0297. The summed E-state index contributed by atoms with van der Waals surface area (Å²) in [6, 6.07) is 12.4. The van der Waals surface area contributed by atoms with E-state index in [1.807, 2.05) is 6.07 Å². The normalized spacial score (nSPS) is 11.4. The first-order valence-electron chi connectivity index (χ1n) is 8.74. The zero-order valence-corrected chi connectivity index (χ0v) is 15.3. The Labute approximate surface area is 168 Å². The number of hydrogen-bond donors (Lipinski definition) is 3. The average Bonchev–Trinajstić information content (AvgIpc) is 3.13. The van der Waals surface area contributed by atoms with E-state index in [0.717, 1.165) is 12.1 Å². The number of urea groups is 1. The van der Waals surface area contributed by atoms with Gasteiger partial charge < -0.3 is 20.9 Å². The van der Waals surface area contributed by atoms with Crippen LogP contribution >= 0.6 is 0 Å². The van der Waals surface area contributed by atoms with Crippen LogP contribution in [0, 0.1) is 0 Å². The minimum Gasteiger partial charge on any atom is -0.383 e. The van der Waals surface area contributed by atoms with Crippen molar-refractivity contribution in [3.05, 3.63) is 72.7 Å². The summed E-state index contributed by atoms with van der Waals surface area (Å²) in [5, 5.41) is 5.70. The molecular weight excluding hydrogens is 397 g/mol. The molecule has 10 heteroatoms. The van der Waals surface area contributed by atoms with Gasteiger partial charge in [-0.15, -0.1) is 0 Å². The summed E-state index contributed by atoms with van der Waals surface area (Å²) in [4.78, 5) is 20.4. The third-order valence-electron chi connectivity index (χ3n) is 4.34. The van der Waals surface area contributed by atoms with E-state index in [0.29, 0.717) is 28.2 Å². The first-order chi connectivity index (χ1) is 14.3. The number of benzene rings is 2. The molecule has 0 bridgehead atoms. The van der Waals surface area contributed by atoms with Gasteiger partial charge in [0.25, 0.3) is 0 Å². The number of nitrogens with zero attached hydrogens (tertiary/aromatic N) is 3. The van der Waals surface area contributed by atoms with E-state index in [9.17, 15) is 18.0 Å². The van der Waals surface area contributed by atoms with Gasteiger partial charge in [-0.1, -0.05) is 12.1 Å². The predicted molar refractivity (Wildman–Crippen MR) is 107 cm³/mol. The Morgan fingerprint density at radius 3 is 2.40 bits per heavy atom. The van der Waals surface area contributed by atoms with Crippen molar-refractivity contribution in [1.29, 1.82) is 0 Å². The Balaban J connectivity index is 1.53. The monoisotopic (exact) mass is 412 g/mol. The van der Waals surface area contributed by atoms with Crippen molar-refractivity contribution in [3.63, 3.8) is 0 Å². The van der Waals surface area contributed by atoms with Crippen LogP contribution in [0.25, 0.3) is 16.7 Å². The van der Waals surface area contributed by atoms with Gasteiger partial charge in [0.1, 0.15) is 17.8 Å². The number of hydrogen-bond acceptors (Lipinski definition) is 4. The quantitative estimate of drug-likeness (QED) is 0.456. The van der Waals surface area contributed by atoms with Crippen molar-refractivity contribution in [2.24, 2.45) is 0 Å². The molecule has 2 heterocycles. The van der Waals surface area contributed by atoms with Gasteiger partial charge in [-0.05, 0) is 42.5 Å². The van der Waals surface area contributed by atoms with E-state index in [1.54, 1.807) is 35.0 Å². The Morgan fingerprint density at radius 2 is 1.67 bits per heavy atom. The number of carbonyl (C=O) groups excluding carboxylic acids is 1. The maximum atomic E-state index is 12.8. The van der Waals surface area contributed by atoms with Crippen molar-refractivity contribution in [2.45, 2.75) is 6.18 Å². The van der Waals surface area contributed by atoms with Crippen LogP contribution in [0.2, 0.25) is 0 Å². The zero-order chi connectivity index (χ0) is 21.3. The fourth-order valence-corrected chi connectivity index (χ4v) is 2.98. The number of carbonyl (C=O) groups is 1. The molecule has 4 N–H and O–H groups in total. The summed E-state index contributed by atoms with van der Waals surface area (Å²) in [5.74, 6) is 0.355. The highest BCUT2D eigenvalue weighted by molar-refractivity contribution is 6.00. The smallest absolute Gasteiger partial charge is 0.383 e. The average molecular weight is 412 g/mol. The van der Waals surface area contributed by atoms with Crippen molar-refractivity contribution < 1.29 is 18.0 Å². The van der Waals surface area contributed by atoms with Gasteiger partial charge in [0.2, 0.25) is 0 Å². The first kappa shape index (κ1) is 19.2. The molecule has 0 unspecified atom stereocenters. The third kappa shape index (κ3) is 3.88. The SMILES string of the molecule is Nc1ncnc2c1ccn2-c1cccc(NC(=O)Nc2cccc(C(F)(F)F)c2)c1.